The van der Waals surface area contributed by atoms with E-state index in [0.717, 1.165) is 19.2 Å². The molecule has 1 unspecified atom stereocenters. The van der Waals surface area contributed by atoms with Crippen LogP contribution in [-0.4, -0.2) is 78.6 Å². The normalized spacial score (nSPS) is 18.6. The standard InChI is InChI=1S/C18H20FN3O4.C2H7NO/c1-10-9-26-17-14-11(16(23)12(18(24)25)8-22(10)14)7-13(19)15(17)21-5-3-20(2)4-6-21;3-1-2-4/h7-8,10H,3-6,9H2,1-2H3,(H,24,25);4H,1-3H2. The quantitative estimate of drug-likeness (QED) is 0.653. The largest absolute Gasteiger partial charge is 0.487 e. The Morgan fingerprint density at radius 2 is 1.97 bits per heavy atom. The highest BCUT2D eigenvalue weighted by Gasteiger charge is 2.30. The lowest BCUT2D eigenvalue weighted by Crippen LogP contribution is -2.45. The fourth-order valence-electron chi connectivity index (χ4n) is 3.69. The number of anilines is 1. The number of aliphatic hydroxyl groups is 1. The first-order chi connectivity index (χ1) is 14.3. The van der Waals surface area contributed by atoms with Gasteiger partial charge in [0.1, 0.15) is 17.9 Å². The number of aliphatic hydroxyl groups excluding tert-OH is 1. The smallest absolute Gasteiger partial charge is 0.341 e. The zero-order chi connectivity index (χ0) is 22.0. The van der Waals surface area contributed by atoms with Crippen LogP contribution in [0.25, 0.3) is 10.9 Å². The van der Waals surface area contributed by atoms with Gasteiger partial charge in [0.15, 0.2) is 11.6 Å². The molecule has 9 nitrogen and oxygen atoms in total. The van der Waals surface area contributed by atoms with Crippen LogP contribution >= 0.6 is 0 Å². The number of nitrogens with two attached hydrogens (primary N) is 1. The van der Waals surface area contributed by atoms with Crippen LogP contribution in [0.1, 0.15) is 23.3 Å². The molecule has 0 radical (unpaired) electrons. The monoisotopic (exact) mass is 422 g/mol. The number of carboxylic acids is 1. The van der Waals surface area contributed by atoms with Crippen molar-refractivity contribution in [2.24, 2.45) is 5.73 Å². The van der Waals surface area contributed by atoms with Crippen molar-refractivity contribution < 1.29 is 24.1 Å². The Hall–Kier alpha value is -2.69. The van der Waals surface area contributed by atoms with Crippen LogP contribution in [0.4, 0.5) is 10.1 Å². The number of hydrogen-bond donors (Lipinski definition) is 3. The maximum absolute atomic E-state index is 15.0. The second kappa shape index (κ2) is 8.99. The molecule has 1 aromatic heterocycles. The number of aromatic carboxylic acids is 1. The van der Waals surface area contributed by atoms with Crippen LogP contribution in [0.2, 0.25) is 0 Å². The van der Waals surface area contributed by atoms with Crippen LogP contribution in [0.5, 0.6) is 5.75 Å². The zero-order valence-corrected chi connectivity index (χ0v) is 17.1. The van der Waals surface area contributed by atoms with E-state index in [2.05, 4.69) is 4.90 Å². The van der Waals surface area contributed by atoms with Crippen molar-refractivity contribution in [3.63, 3.8) is 0 Å². The summed E-state index contributed by atoms with van der Waals surface area (Å²) in [5.74, 6) is -1.54. The molecule has 0 spiro atoms. The van der Waals surface area contributed by atoms with Crippen LogP contribution in [-0.2, 0) is 0 Å². The second-order valence-electron chi connectivity index (χ2n) is 7.48. The number of ether oxygens (including phenoxy) is 1. The van der Waals surface area contributed by atoms with E-state index in [9.17, 15) is 19.1 Å². The number of aromatic nitrogens is 1. The van der Waals surface area contributed by atoms with Crippen LogP contribution in [0, 0.1) is 5.82 Å². The summed E-state index contributed by atoms with van der Waals surface area (Å²) in [6, 6.07) is 0.994. The number of hydrogen-bond acceptors (Lipinski definition) is 7. The van der Waals surface area contributed by atoms with E-state index >= 15 is 0 Å². The maximum atomic E-state index is 15.0. The number of carbonyl (C=O) groups is 1. The average Bonchev–Trinajstić information content (AvgIpc) is 2.72. The lowest BCUT2D eigenvalue weighted by molar-refractivity contribution is 0.0694. The second-order valence-corrected chi connectivity index (χ2v) is 7.48. The van der Waals surface area contributed by atoms with E-state index in [1.165, 1.54) is 6.20 Å². The lowest BCUT2D eigenvalue weighted by atomic mass is 10.1. The van der Waals surface area contributed by atoms with E-state index in [4.69, 9.17) is 15.6 Å². The molecule has 30 heavy (non-hydrogen) atoms. The molecule has 0 aliphatic carbocycles. The number of nitrogens with zero attached hydrogens (tertiary/aromatic N) is 3. The number of pyridine rings is 1. The number of piperazine rings is 1. The minimum Gasteiger partial charge on any atom is -0.487 e. The van der Waals surface area contributed by atoms with Gasteiger partial charge in [0.05, 0.1) is 23.6 Å². The van der Waals surface area contributed by atoms with E-state index in [0.29, 0.717) is 36.6 Å². The SMILES string of the molecule is CC1COc2c(N3CCN(C)CC3)c(F)cc3c(=O)c(C(=O)O)cn1c23.NCCO. The van der Waals surface area contributed by atoms with E-state index in [1.54, 1.807) is 4.57 Å². The molecule has 2 aliphatic rings. The third-order valence-electron chi connectivity index (χ3n) is 5.32. The molecule has 0 bridgehead atoms. The summed E-state index contributed by atoms with van der Waals surface area (Å²) in [6.45, 7) is 5.55. The Morgan fingerprint density at radius 3 is 2.53 bits per heavy atom. The summed E-state index contributed by atoms with van der Waals surface area (Å²) in [5.41, 5.74) is 4.55. The van der Waals surface area contributed by atoms with Crippen LogP contribution in [0.15, 0.2) is 17.1 Å². The van der Waals surface area contributed by atoms with Gasteiger partial charge in [-0.15, -0.1) is 0 Å². The van der Waals surface area contributed by atoms with Crippen molar-refractivity contribution in [1.82, 2.24) is 9.47 Å². The Bertz CT molecular complexity index is 999. The first-order valence-corrected chi connectivity index (χ1v) is 9.82. The molecule has 164 valence electrons. The molecule has 10 heteroatoms. The van der Waals surface area contributed by atoms with E-state index in [1.807, 2.05) is 18.9 Å². The van der Waals surface area contributed by atoms with Gasteiger partial charge < -0.3 is 35.1 Å². The molecule has 2 aromatic rings. The molecule has 2 aliphatic heterocycles. The Morgan fingerprint density at radius 1 is 1.33 bits per heavy atom. The van der Waals surface area contributed by atoms with Gasteiger partial charge in [0, 0.05) is 38.9 Å². The number of likely N-dealkylation sites (N-methyl/N-ethyl adjacent to an activating group) is 1. The van der Waals surface area contributed by atoms with E-state index < -0.39 is 17.2 Å². The minimum atomic E-state index is -1.32. The van der Waals surface area contributed by atoms with Gasteiger partial charge in [0.25, 0.3) is 0 Å². The molecule has 3 heterocycles. The zero-order valence-electron chi connectivity index (χ0n) is 17.1. The molecule has 1 atom stereocenters. The summed E-state index contributed by atoms with van der Waals surface area (Å²) in [6.07, 6.45) is 1.34. The van der Waals surface area contributed by atoms with E-state index in [-0.39, 0.29) is 30.2 Å². The summed E-state index contributed by atoms with van der Waals surface area (Å²) in [4.78, 5) is 28.1. The molecule has 1 saturated heterocycles. The average molecular weight is 422 g/mol. The predicted molar refractivity (Wildman–Crippen MR) is 111 cm³/mol. The van der Waals surface area contributed by atoms with Gasteiger partial charge in [0.2, 0.25) is 5.43 Å². The predicted octanol–water partition coefficient (Wildman–Crippen LogP) is 0.481. The molecule has 0 saturated carbocycles. The molecular weight excluding hydrogens is 395 g/mol. The molecule has 4 N–H and O–H groups in total. The summed E-state index contributed by atoms with van der Waals surface area (Å²) < 4.78 is 22.6. The van der Waals surface area contributed by atoms with Gasteiger partial charge >= 0.3 is 5.97 Å². The Balaban J connectivity index is 0.000000589. The Kier molecular flexibility index (Phi) is 6.59. The maximum Gasteiger partial charge on any atom is 0.341 e. The Labute approximate surface area is 173 Å². The molecular formula is C20H27FN4O5. The number of halogens is 1. The molecule has 1 fully saturated rings. The van der Waals surface area contributed by atoms with Crippen molar-refractivity contribution in [2.45, 2.75) is 13.0 Å². The highest BCUT2D eigenvalue weighted by molar-refractivity contribution is 5.97. The molecule has 1 aromatic carbocycles. The van der Waals surface area contributed by atoms with Gasteiger partial charge in [-0.2, -0.15) is 0 Å². The van der Waals surface area contributed by atoms with Crippen LogP contribution in [0.3, 0.4) is 0 Å². The van der Waals surface area contributed by atoms with Gasteiger partial charge in [-0.25, -0.2) is 9.18 Å². The van der Waals surface area contributed by atoms with Crippen molar-refractivity contribution >= 4 is 22.6 Å². The van der Waals surface area contributed by atoms with Crippen molar-refractivity contribution in [3.05, 3.63) is 33.9 Å². The number of carboxylic acid groups (broad SMARTS) is 1. The van der Waals surface area contributed by atoms with Crippen molar-refractivity contribution in [1.29, 1.82) is 0 Å². The first kappa shape index (κ1) is 22.0. The van der Waals surface area contributed by atoms with Crippen molar-refractivity contribution in [3.8, 4) is 5.75 Å². The fraction of sp³-hybridized carbons (Fsp3) is 0.500. The highest BCUT2D eigenvalue weighted by atomic mass is 19.1. The third kappa shape index (κ3) is 3.98. The fourth-order valence-corrected chi connectivity index (χ4v) is 3.69. The minimum absolute atomic E-state index is 0.0434. The highest BCUT2D eigenvalue weighted by Crippen LogP contribution is 2.42. The van der Waals surface area contributed by atoms with Crippen LogP contribution < -0.4 is 20.8 Å². The summed E-state index contributed by atoms with van der Waals surface area (Å²) in [5, 5.41) is 17.1. The lowest BCUT2D eigenvalue weighted by Gasteiger charge is -2.37. The number of rotatable bonds is 3. The van der Waals surface area contributed by atoms with Crippen molar-refractivity contribution in [2.75, 3.05) is 57.9 Å². The summed E-state index contributed by atoms with van der Waals surface area (Å²) in [7, 11) is 2.02. The van der Waals surface area contributed by atoms with Gasteiger partial charge in [-0.05, 0) is 20.0 Å². The third-order valence-corrected chi connectivity index (χ3v) is 5.32. The summed E-state index contributed by atoms with van der Waals surface area (Å²) >= 11 is 0. The molecule has 0 amide bonds. The van der Waals surface area contributed by atoms with Gasteiger partial charge in [-0.3, -0.25) is 4.79 Å². The molecule has 4 rings (SSSR count). The first-order valence-electron chi connectivity index (χ1n) is 9.82. The topological polar surface area (TPSA) is 121 Å². The van der Waals surface area contributed by atoms with Gasteiger partial charge in [-0.1, -0.05) is 0 Å². The number of benzene rings is 1.